The van der Waals surface area contributed by atoms with Gasteiger partial charge in [-0.25, -0.2) is 9.97 Å². The molecule has 1 atom stereocenters. The summed E-state index contributed by atoms with van der Waals surface area (Å²) < 4.78 is 5.26. The standard InChI is InChI=1S/C24H26N4O2S/c1-16-23-20(14-17(15-21(23)29)22-4-3-13-31-22)26-24(25-16)28-11-9-27(10-12-28)18-5-7-19(30-2)8-6-18/h3-8,13,17H,9-12,14-15H2,1-2H3/t17-/m1/s1. The van der Waals surface area contributed by atoms with E-state index in [4.69, 9.17) is 14.7 Å². The second-order valence-electron chi connectivity index (χ2n) is 8.15. The highest BCUT2D eigenvalue weighted by Crippen LogP contribution is 2.35. The Kier molecular flexibility index (Phi) is 5.36. The van der Waals surface area contributed by atoms with Crippen LogP contribution in [0.4, 0.5) is 11.6 Å². The lowest BCUT2D eigenvalue weighted by molar-refractivity contribution is 0.0962. The Bertz CT molecular complexity index is 1070. The summed E-state index contributed by atoms with van der Waals surface area (Å²) in [6.07, 6.45) is 1.36. The van der Waals surface area contributed by atoms with Gasteiger partial charge in [0.1, 0.15) is 5.75 Å². The summed E-state index contributed by atoms with van der Waals surface area (Å²) in [4.78, 5) is 28.3. The summed E-state index contributed by atoms with van der Waals surface area (Å²) in [5.74, 6) is 2.03. The molecule has 0 unspecified atom stereocenters. The first-order chi connectivity index (χ1) is 15.1. The number of anilines is 2. The lowest BCUT2D eigenvalue weighted by Crippen LogP contribution is -2.47. The van der Waals surface area contributed by atoms with Crippen molar-refractivity contribution in [1.29, 1.82) is 0 Å². The van der Waals surface area contributed by atoms with Gasteiger partial charge in [-0.05, 0) is 49.1 Å². The molecule has 31 heavy (non-hydrogen) atoms. The molecule has 1 saturated heterocycles. The summed E-state index contributed by atoms with van der Waals surface area (Å²) in [5.41, 5.74) is 3.67. The van der Waals surface area contributed by atoms with Crippen molar-refractivity contribution in [2.24, 2.45) is 0 Å². The number of aryl methyl sites for hydroxylation is 1. The second kappa shape index (κ2) is 8.30. The van der Waals surface area contributed by atoms with E-state index in [9.17, 15) is 4.79 Å². The van der Waals surface area contributed by atoms with Crippen LogP contribution >= 0.6 is 11.3 Å². The van der Waals surface area contributed by atoms with Crippen molar-refractivity contribution in [2.45, 2.75) is 25.7 Å². The molecule has 1 aromatic carbocycles. The fourth-order valence-corrected chi connectivity index (χ4v) is 5.41. The van der Waals surface area contributed by atoms with Crippen LogP contribution in [-0.4, -0.2) is 49.0 Å². The summed E-state index contributed by atoms with van der Waals surface area (Å²) in [6.45, 7) is 5.46. The minimum Gasteiger partial charge on any atom is -0.497 e. The molecule has 0 spiro atoms. The quantitative estimate of drug-likeness (QED) is 0.616. The lowest BCUT2D eigenvalue weighted by Gasteiger charge is -2.36. The molecule has 0 amide bonds. The molecule has 1 aliphatic heterocycles. The molecule has 0 bridgehead atoms. The fourth-order valence-electron chi connectivity index (χ4n) is 4.58. The largest absolute Gasteiger partial charge is 0.497 e. The van der Waals surface area contributed by atoms with Gasteiger partial charge in [-0.3, -0.25) is 4.79 Å². The molecule has 6 nitrogen and oxygen atoms in total. The SMILES string of the molecule is COc1ccc(N2CCN(c3nc(C)c4c(n3)C[C@@H](c3cccs3)CC4=O)CC2)cc1. The number of rotatable bonds is 4. The van der Waals surface area contributed by atoms with E-state index in [-0.39, 0.29) is 11.7 Å². The molecule has 1 fully saturated rings. The number of ketones is 1. The summed E-state index contributed by atoms with van der Waals surface area (Å²) in [7, 11) is 1.69. The predicted octanol–water partition coefficient (Wildman–Crippen LogP) is 4.09. The first-order valence-corrected chi connectivity index (χ1v) is 11.6. The molecule has 5 rings (SSSR count). The number of piperazine rings is 1. The zero-order valence-corrected chi connectivity index (χ0v) is 18.7. The fraction of sp³-hybridized carbons (Fsp3) is 0.375. The van der Waals surface area contributed by atoms with Crippen molar-refractivity contribution in [3.63, 3.8) is 0 Å². The van der Waals surface area contributed by atoms with Gasteiger partial charge in [-0.2, -0.15) is 0 Å². The second-order valence-corrected chi connectivity index (χ2v) is 9.13. The van der Waals surface area contributed by atoms with E-state index in [2.05, 4.69) is 39.4 Å². The molecule has 2 aromatic heterocycles. The predicted molar refractivity (Wildman–Crippen MR) is 124 cm³/mol. The average molecular weight is 435 g/mol. The van der Waals surface area contributed by atoms with E-state index < -0.39 is 0 Å². The third kappa shape index (κ3) is 3.90. The topological polar surface area (TPSA) is 58.6 Å². The average Bonchev–Trinajstić information content (AvgIpc) is 3.34. The van der Waals surface area contributed by atoms with Gasteiger partial charge in [-0.1, -0.05) is 6.07 Å². The molecule has 0 N–H and O–H groups in total. The smallest absolute Gasteiger partial charge is 0.225 e. The summed E-state index contributed by atoms with van der Waals surface area (Å²) in [6, 6.07) is 12.4. The number of carbonyl (C=O) groups excluding carboxylic acids is 1. The van der Waals surface area contributed by atoms with Gasteiger partial charge in [0.25, 0.3) is 0 Å². The van der Waals surface area contributed by atoms with Crippen LogP contribution in [0.1, 0.15) is 39.0 Å². The van der Waals surface area contributed by atoms with E-state index in [0.717, 1.165) is 61.2 Å². The number of hydrogen-bond acceptors (Lipinski definition) is 7. The molecule has 1 aliphatic carbocycles. The third-order valence-electron chi connectivity index (χ3n) is 6.25. The van der Waals surface area contributed by atoms with Gasteiger partial charge in [0.05, 0.1) is 24.1 Å². The van der Waals surface area contributed by atoms with E-state index in [1.165, 1.54) is 10.6 Å². The van der Waals surface area contributed by atoms with Crippen LogP contribution in [0.15, 0.2) is 41.8 Å². The van der Waals surface area contributed by atoms with E-state index in [1.807, 2.05) is 19.1 Å². The zero-order chi connectivity index (χ0) is 21.4. The van der Waals surface area contributed by atoms with Gasteiger partial charge in [0, 0.05) is 49.1 Å². The first kappa shape index (κ1) is 20.0. The van der Waals surface area contributed by atoms with Crippen molar-refractivity contribution in [3.05, 3.63) is 63.6 Å². The van der Waals surface area contributed by atoms with Crippen molar-refractivity contribution in [3.8, 4) is 5.75 Å². The Hall–Kier alpha value is -2.93. The van der Waals surface area contributed by atoms with Crippen LogP contribution in [0, 0.1) is 6.92 Å². The number of thiophene rings is 1. The number of Topliss-reactive ketones (excluding diaryl/α,β-unsaturated/α-hetero) is 1. The minimum absolute atomic E-state index is 0.174. The number of aromatic nitrogens is 2. The minimum atomic E-state index is 0.174. The van der Waals surface area contributed by atoms with Gasteiger partial charge in [0.2, 0.25) is 5.95 Å². The highest BCUT2D eigenvalue weighted by atomic mass is 32.1. The number of fused-ring (bicyclic) bond motifs is 1. The first-order valence-electron chi connectivity index (χ1n) is 10.7. The number of benzene rings is 1. The Labute approximate surface area is 186 Å². The van der Waals surface area contributed by atoms with Crippen molar-refractivity contribution < 1.29 is 9.53 Å². The molecule has 3 aromatic rings. The van der Waals surface area contributed by atoms with Crippen LogP contribution in [0.25, 0.3) is 0 Å². The van der Waals surface area contributed by atoms with Crippen molar-refractivity contribution in [2.75, 3.05) is 43.1 Å². The van der Waals surface area contributed by atoms with Crippen LogP contribution < -0.4 is 14.5 Å². The normalized spacial score (nSPS) is 18.8. The number of ether oxygens (including phenoxy) is 1. The molecule has 0 saturated carbocycles. The summed E-state index contributed by atoms with van der Waals surface area (Å²) in [5, 5.41) is 2.08. The Morgan fingerprint density at radius 1 is 1.00 bits per heavy atom. The van der Waals surface area contributed by atoms with Gasteiger partial charge < -0.3 is 14.5 Å². The van der Waals surface area contributed by atoms with Gasteiger partial charge >= 0.3 is 0 Å². The Balaban J connectivity index is 1.33. The van der Waals surface area contributed by atoms with Crippen LogP contribution in [0.2, 0.25) is 0 Å². The van der Waals surface area contributed by atoms with E-state index in [0.29, 0.717) is 6.42 Å². The number of hydrogen-bond donors (Lipinski definition) is 0. The molecule has 7 heteroatoms. The van der Waals surface area contributed by atoms with Crippen LogP contribution in [0.3, 0.4) is 0 Å². The molecular weight excluding hydrogens is 408 g/mol. The number of nitrogens with zero attached hydrogens (tertiary/aromatic N) is 4. The third-order valence-corrected chi connectivity index (χ3v) is 7.28. The molecule has 2 aliphatic rings. The monoisotopic (exact) mass is 434 g/mol. The van der Waals surface area contributed by atoms with Crippen molar-refractivity contribution in [1.82, 2.24) is 9.97 Å². The van der Waals surface area contributed by atoms with E-state index >= 15 is 0 Å². The van der Waals surface area contributed by atoms with Crippen LogP contribution in [0.5, 0.6) is 5.75 Å². The molecule has 160 valence electrons. The highest BCUT2D eigenvalue weighted by molar-refractivity contribution is 7.10. The molecule has 3 heterocycles. The maximum absolute atomic E-state index is 12.8. The maximum atomic E-state index is 12.8. The van der Waals surface area contributed by atoms with Gasteiger partial charge in [-0.15, -0.1) is 11.3 Å². The van der Waals surface area contributed by atoms with Gasteiger partial charge in [0.15, 0.2) is 5.78 Å². The lowest BCUT2D eigenvalue weighted by atomic mass is 9.84. The molecular formula is C24H26N4O2S. The van der Waals surface area contributed by atoms with E-state index in [1.54, 1.807) is 18.4 Å². The Morgan fingerprint density at radius 3 is 2.42 bits per heavy atom. The number of carbonyl (C=O) groups is 1. The Morgan fingerprint density at radius 2 is 1.74 bits per heavy atom. The summed E-state index contributed by atoms with van der Waals surface area (Å²) >= 11 is 1.72. The molecule has 0 radical (unpaired) electrons. The number of methoxy groups -OCH3 is 1. The maximum Gasteiger partial charge on any atom is 0.225 e. The van der Waals surface area contributed by atoms with Crippen molar-refractivity contribution >= 4 is 28.8 Å². The highest BCUT2D eigenvalue weighted by Gasteiger charge is 2.31. The zero-order valence-electron chi connectivity index (χ0n) is 17.9. The van der Waals surface area contributed by atoms with Crippen LogP contribution in [-0.2, 0) is 6.42 Å².